The van der Waals surface area contributed by atoms with Crippen LogP contribution in [0.2, 0.25) is 0 Å². The van der Waals surface area contributed by atoms with Gasteiger partial charge in [0.1, 0.15) is 5.75 Å². The molecule has 1 amide bonds. The minimum atomic E-state index is -0.191. The van der Waals surface area contributed by atoms with Gasteiger partial charge in [-0.3, -0.25) is 4.79 Å². The topological polar surface area (TPSA) is 55.3 Å². The lowest BCUT2D eigenvalue weighted by molar-refractivity contribution is 0.0820. The van der Waals surface area contributed by atoms with E-state index in [1.807, 2.05) is 25.1 Å². The van der Waals surface area contributed by atoms with Gasteiger partial charge in [0.25, 0.3) is 5.91 Å². The number of carbonyl (C=O) groups is 1. The number of rotatable bonds is 3. The summed E-state index contributed by atoms with van der Waals surface area (Å²) in [5.74, 6) is 0.831. The standard InChI is InChI=1S/C14H14BrN3O2/c1-9-8-10(4-5-11(9)15)20-13-7-6-12(16-17-13)14(19)18(2)3/h4-8H,1-3H3. The van der Waals surface area contributed by atoms with Crippen molar-refractivity contribution in [1.82, 2.24) is 15.1 Å². The smallest absolute Gasteiger partial charge is 0.273 e. The highest BCUT2D eigenvalue weighted by Gasteiger charge is 2.10. The number of halogens is 1. The average Bonchev–Trinajstić information content (AvgIpc) is 2.43. The van der Waals surface area contributed by atoms with Crippen molar-refractivity contribution >= 4 is 21.8 Å². The van der Waals surface area contributed by atoms with Crippen molar-refractivity contribution in [3.63, 3.8) is 0 Å². The summed E-state index contributed by atoms with van der Waals surface area (Å²) in [5.41, 5.74) is 1.35. The van der Waals surface area contributed by atoms with E-state index in [1.165, 1.54) is 4.90 Å². The van der Waals surface area contributed by atoms with Crippen LogP contribution in [-0.4, -0.2) is 35.1 Å². The van der Waals surface area contributed by atoms with Gasteiger partial charge in [-0.1, -0.05) is 15.9 Å². The lowest BCUT2D eigenvalue weighted by Gasteiger charge is -2.09. The van der Waals surface area contributed by atoms with E-state index in [2.05, 4.69) is 26.1 Å². The minimum absolute atomic E-state index is 0.191. The highest BCUT2D eigenvalue weighted by Crippen LogP contribution is 2.24. The van der Waals surface area contributed by atoms with E-state index in [1.54, 1.807) is 26.2 Å². The van der Waals surface area contributed by atoms with E-state index in [9.17, 15) is 4.79 Å². The number of nitrogens with zero attached hydrogens (tertiary/aromatic N) is 3. The number of carbonyl (C=O) groups excluding carboxylic acids is 1. The fourth-order valence-corrected chi connectivity index (χ4v) is 1.77. The fourth-order valence-electron chi connectivity index (χ4n) is 1.52. The van der Waals surface area contributed by atoms with E-state index in [0.717, 1.165) is 10.0 Å². The predicted molar refractivity (Wildman–Crippen MR) is 79.0 cm³/mol. The van der Waals surface area contributed by atoms with Crippen LogP contribution in [0.3, 0.4) is 0 Å². The van der Waals surface area contributed by atoms with Crippen molar-refractivity contribution in [1.29, 1.82) is 0 Å². The first-order valence-electron chi connectivity index (χ1n) is 5.97. The molecule has 20 heavy (non-hydrogen) atoms. The molecule has 0 unspecified atom stereocenters. The van der Waals surface area contributed by atoms with Gasteiger partial charge in [-0.2, -0.15) is 0 Å². The molecular formula is C14H14BrN3O2. The summed E-state index contributed by atoms with van der Waals surface area (Å²) in [6.07, 6.45) is 0. The minimum Gasteiger partial charge on any atom is -0.438 e. The summed E-state index contributed by atoms with van der Waals surface area (Å²) in [6, 6.07) is 8.85. The number of aromatic nitrogens is 2. The second kappa shape index (κ2) is 6.00. The lowest BCUT2D eigenvalue weighted by atomic mass is 10.2. The van der Waals surface area contributed by atoms with Crippen LogP contribution in [0.4, 0.5) is 0 Å². The summed E-state index contributed by atoms with van der Waals surface area (Å²) >= 11 is 3.43. The van der Waals surface area contributed by atoms with Gasteiger partial charge in [-0.25, -0.2) is 0 Å². The summed E-state index contributed by atoms with van der Waals surface area (Å²) in [7, 11) is 3.33. The molecule has 0 atom stereocenters. The third-order valence-electron chi connectivity index (χ3n) is 2.62. The molecule has 0 radical (unpaired) electrons. The Balaban J connectivity index is 2.14. The first-order valence-corrected chi connectivity index (χ1v) is 6.76. The molecule has 0 fully saturated rings. The van der Waals surface area contributed by atoms with Crippen molar-refractivity contribution in [2.24, 2.45) is 0 Å². The van der Waals surface area contributed by atoms with Crippen LogP contribution in [0.5, 0.6) is 11.6 Å². The third kappa shape index (κ3) is 3.33. The summed E-state index contributed by atoms with van der Waals surface area (Å²) in [6.45, 7) is 1.97. The Bertz CT molecular complexity index is 627. The van der Waals surface area contributed by atoms with Gasteiger partial charge in [0.15, 0.2) is 5.69 Å². The Morgan fingerprint density at radius 2 is 1.95 bits per heavy atom. The number of benzene rings is 1. The normalized spacial score (nSPS) is 10.2. The molecule has 0 bridgehead atoms. The van der Waals surface area contributed by atoms with Crippen molar-refractivity contribution in [2.75, 3.05) is 14.1 Å². The molecule has 0 spiro atoms. The van der Waals surface area contributed by atoms with Gasteiger partial charge in [-0.15, -0.1) is 10.2 Å². The van der Waals surface area contributed by atoms with Gasteiger partial charge < -0.3 is 9.64 Å². The Morgan fingerprint density at radius 3 is 2.50 bits per heavy atom. The molecule has 1 heterocycles. The highest BCUT2D eigenvalue weighted by molar-refractivity contribution is 9.10. The molecule has 0 N–H and O–H groups in total. The van der Waals surface area contributed by atoms with Crippen molar-refractivity contribution in [3.05, 3.63) is 46.1 Å². The molecular weight excluding hydrogens is 322 g/mol. The SMILES string of the molecule is Cc1cc(Oc2ccc(C(=O)N(C)C)nn2)ccc1Br. The molecule has 0 aliphatic carbocycles. The quantitative estimate of drug-likeness (QED) is 0.865. The van der Waals surface area contributed by atoms with Gasteiger partial charge in [0.2, 0.25) is 5.88 Å². The molecule has 0 saturated heterocycles. The van der Waals surface area contributed by atoms with Crippen molar-refractivity contribution in [3.8, 4) is 11.6 Å². The summed E-state index contributed by atoms with van der Waals surface area (Å²) in [4.78, 5) is 13.1. The lowest BCUT2D eigenvalue weighted by Crippen LogP contribution is -2.23. The Morgan fingerprint density at radius 1 is 1.20 bits per heavy atom. The predicted octanol–water partition coefficient (Wildman–Crippen LogP) is 3.04. The molecule has 0 saturated carbocycles. The molecule has 6 heteroatoms. The zero-order valence-corrected chi connectivity index (χ0v) is 13.0. The highest BCUT2D eigenvalue weighted by atomic mass is 79.9. The molecule has 0 aliphatic heterocycles. The average molecular weight is 336 g/mol. The van der Waals surface area contributed by atoms with E-state index < -0.39 is 0 Å². The van der Waals surface area contributed by atoms with Crippen molar-refractivity contribution in [2.45, 2.75) is 6.92 Å². The maximum atomic E-state index is 11.7. The van der Waals surface area contributed by atoms with Crippen LogP contribution in [0.25, 0.3) is 0 Å². The number of hydrogen-bond donors (Lipinski definition) is 0. The van der Waals surface area contributed by atoms with E-state index >= 15 is 0 Å². The first-order chi connectivity index (χ1) is 9.47. The Kier molecular flexibility index (Phi) is 4.34. The van der Waals surface area contributed by atoms with Crippen LogP contribution in [0.15, 0.2) is 34.8 Å². The van der Waals surface area contributed by atoms with Crippen LogP contribution in [-0.2, 0) is 0 Å². The van der Waals surface area contributed by atoms with Gasteiger partial charge in [-0.05, 0) is 36.8 Å². The Labute approximate surface area is 125 Å². The number of hydrogen-bond acceptors (Lipinski definition) is 4. The van der Waals surface area contributed by atoms with E-state index in [4.69, 9.17) is 4.74 Å². The van der Waals surface area contributed by atoms with E-state index in [-0.39, 0.29) is 11.6 Å². The summed E-state index contributed by atoms with van der Waals surface area (Å²) < 4.78 is 6.61. The third-order valence-corrected chi connectivity index (χ3v) is 3.51. The van der Waals surface area contributed by atoms with Crippen LogP contribution in [0, 0.1) is 6.92 Å². The molecule has 2 rings (SSSR count). The second-order valence-corrected chi connectivity index (χ2v) is 5.32. The maximum Gasteiger partial charge on any atom is 0.273 e. The zero-order chi connectivity index (χ0) is 14.7. The van der Waals surface area contributed by atoms with Gasteiger partial charge >= 0.3 is 0 Å². The number of aryl methyl sites for hydroxylation is 1. The zero-order valence-electron chi connectivity index (χ0n) is 11.4. The molecule has 1 aromatic carbocycles. The van der Waals surface area contributed by atoms with E-state index in [0.29, 0.717) is 11.6 Å². The maximum absolute atomic E-state index is 11.7. The van der Waals surface area contributed by atoms with Crippen molar-refractivity contribution < 1.29 is 9.53 Å². The first kappa shape index (κ1) is 14.5. The number of amides is 1. The van der Waals surface area contributed by atoms with Gasteiger partial charge in [0, 0.05) is 24.6 Å². The van der Waals surface area contributed by atoms with Gasteiger partial charge in [0.05, 0.1) is 0 Å². The van der Waals surface area contributed by atoms with Crippen LogP contribution in [0.1, 0.15) is 16.1 Å². The molecule has 104 valence electrons. The summed E-state index contributed by atoms with van der Waals surface area (Å²) in [5, 5.41) is 7.76. The van der Waals surface area contributed by atoms with Crippen LogP contribution < -0.4 is 4.74 Å². The molecule has 2 aromatic rings. The molecule has 1 aromatic heterocycles. The second-order valence-electron chi connectivity index (χ2n) is 4.47. The number of ether oxygens (including phenoxy) is 1. The monoisotopic (exact) mass is 335 g/mol. The Hall–Kier alpha value is -1.95. The van der Waals surface area contributed by atoms with Crippen LogP contribution >= 0.6 is 15.9 Å². The largest absolute Gasteiger partial charge is 0.438 e. The molecule has 5 nitrogen and oxygen atoms in total. The molecule has 0 aliphatic rings. The fraction of sp³-hybridized carbons (Fsp3) is 0.214.